The van der Waals surface area contributed by atoms with E-state index in [1.807, 2.05) is 6.92 Å². The molecule has 0 atom stereocenters. The van der Waals surface area contributed by atoms with Gasteiger partial charge < -0.3 is 14.7 Å². The molecule has 0 bridgehead atoms. The van der Waals surface area contributed by atoms with Crippen molar-refractivity contribution in [2.45, 2.75) is 13.5 Å². The van der Waals surface area contributed by atoms with Crippen molar-refractivity contribution in [3.8, 4) is 11.5 Å². The highest BCUT2D eigenvalue weighted by Crippen LogP contribution is 2.22. The van der Waals surface area contributed by atoms with Crippen LogP contribution >= 0.6 is 0 Å². The lowest BCUT2D eigenvalue weighted by Crippen LogP contribution is -2.26. The second kappa shape index (κ2) is 6.47. The molecule has 4 nitrogen and oxygen atoms in total. The van der Waals surface area contributed by atoms with Crippen LogP contribution < -0.4 is 4.74 Å². The van der Waals surface area contributed by atoms with Gasteiger partial charge >= 0.3 is 0 Å². The molecule has 0 radical (unpaired) electrons. The van der Waals surface area contributed by atoms with Gasteiger partial charge in [-0.25, -0.2) is 4.39 Å². The number of ether oxygens (including phenoxy) is 1. The number of carbonyl (C=O) groups excluding carboxylic acids is 1. The molecule has 0 spiro atoms. The number of nitrogens with zero attached hydrogens (tertiary/aromatic N) is 1. The molecule has 2 aromatic carbocycles. The Labute approximate surface area is 128 Å². The third-order valence-electron chi connectivity index (χ3n) is 3.37. The summed E-state index contributed by atoms with van der Waals surface area (Å²) in [6.45, 7) is 2.06. The number of carbonyl (C=O) groups is 1. The van der Waals surface area contributed by atoms with E-state index in [0.29, 0.717) is 5.56 Å². The quantitative estimate of drug-likeness (QED) is 0.944. The summed E-state index contributed by atoms with van der Waals surface area (Å²) in [6.07, 6.45) is 0. The van der Waals surface area contributed by atoms with Crippen molar-refractivity contribution in [1.29, 1.82) is 0 Å². The first kappa shape index (κ1) is 15.8. The van der Waals surface area contributed by atoms with Crippen LogP contribution in [0.25, 0.3) is 0 Å². The van der Waals surface area contributed by atoms with E-state index in [2.05, 4.69) is 0 Å². The first-order valence-electron chi connectivity index (χ1n) is 6.80. The summed E-state index contributed by atoms with van der Waals surface area (Å²) in [5.74, 6) is -0.695. The average molecular weight is 303 g/mol. The van der Waals surface area contributed by atoms with Gasteiger partial charge in [-0.1, -0.05) is 12.1 Å². The van der Waals surface area contributed by atoms with Crippen molar-refractivity contribution in [3.63, 3.8) is 0 Å². The Morgan fingerprint density at radius 1 is 1.27 bits per heavy atom. The second-order valence-electron chi connectivity index (χ2n) is 5.15. The van der Waals surface area contributed by atoms with Crippen LogP contribution in [-0.2, 0) is 6.54 Å². The van der Waals surface area contributed by atoms with E-state index in [0.717, 1.165) is 5.56 Å². The number of methoxy groups -OCH3 is 1. The number of phenols is 1. The number of phenolic OH excluding ortho intramolecular Hbond substituents is 1. The molecule has 0 fully saturated rings. The Morgan fingerprint density at radius 3 is 2.59 bits per heavy atom. The van der Waals surface area contributed by atoms with Crippen molar-refractivity contribution >= 4 is 5.91 Å². The number of hydrogen-bond acceptors (Lipinski definition) is 3. The molecule has 0 saturated carbocycles. The molecule has 1 N–H and O–H groups in total. The Balaban J connectivity index is 2.16. The summed E-state index contributed by atoms with van der Waals surface area (Å²) in [6, 6.07) is 9.42. The number of aromatic hydroxyl groups is 1. The summed E-state index contributed by atoms with van der Waals surface area (Å²) in [5.41, 5.74) is 1.73. The monoisotopic (exact) mass is 303 g/mol. The van der Waals surface area contributed by atoms with E-state index in [1.165, 1.54) is 30.2 Å². The Morgan fingerprint density at radius 2 is 2.00 bits per heavy atom. The van der Waals surface area contributed by atoms with Crippen LogP contribution in [-0.4, -0.2) is 30.1 Å². The summed E-state index contributed by atoms with van der Waals surface area (Å²) in [4.78, 5) is 13.8. The van der Waals surface area contributed by atoms with Crippen LogP contribution in [0.5, 0.6) is 11.5 Å². The zero-order valence-corrected chi connectivity index (χ0v) is 12.8. The van der Waals surface area contributed by atoms with Crippen LogP contribution in [0.3, 0.4) is 0 Å². The average Bonchev–Trinajstić information content (AvgIpc) is 2.46. The summed E-state index contributed by atoms with van der Waals surface area (Å²) < 4.78 is 18.5. The number of rotatable bonds is 4. The largest absolute Gasteiger partial charge is 0.507 e. The molecular formula is C17H18FNO3. The van der Waals surface area contributed by atoms with E-state index in [1.54, 1.807) is 25.2 Å². The smallest absolute Gasteiger partial charge is 0.257 e. The zero-order chi connectivity index (χ0) is 16.3. The van der Waals surface area contributed by atoms with Gasteiger partial charge in [-0.3, -0.25) is 4.79 Å². The van der Waals surface area contributed by atoms with E-state index in [-0.39, 0.29) is 29.5 Å². The summed E-state index contributed by atoms with van der Waals surface area (Å²) in [7, 11) is 3.00. The molecule has 0 heterocycles. The predicted octanol–water partition coefficient (Wildman–Crippen LogP) is 3.12. The molecule has 2 aromatic rings. The van der Waals surface area contributed by atoms with Crippen LogP contribution in [0, 0.1) is 12.7 Å². The first-order valence-corrected chi connectivity index (χ1v) is 6.80. The normalized spacial score (nSPS) is 10.4. The van der Waals surface area contributed by atoms with Gasteiger partial charge in [0.25, 0.3) is 5.91 Å². The van der Waals surface area contributed by atoms with Crippen molar-refractivity contribution in [3.05, 3.63) is 58.9 Å². The Hall–Kier alpha value is -2.56. The minimum Gasteiger partial charge on any atom is -0.507 e. The molecule has 0 aliphatic rings. The first-order chi connectivity index (χ1) is 10.4. The SMILES string of the molecule is COc1ccc(CN(C)C(=O)c2ccc(C)cc2O)cc1F. The number of benzene rings is 2. The fourth-order valence-corrected chi connectivity index (χ4v) is 2.18. The fraction of sp³-hybridized carbons (Fsp3) is 0.235. The van der Waals surface area contributed by atoms with Gasteiger partial charge in [-0.15, -0.1) is 0 Å². The highest BCUT2D eigenvalue weighted by molar-refractivity contribution is 5.96. The highest BCUT2D eigenvalue weighted by Gasteiger charge is 2.16. The minimum atomic E-state index is -0.473. The second-order valence-corrected chi connectivity index (χ2v) is 5.15. The predicted molar refractivity (Wildman–Crippen MR) is 81.6 cm³/mol. The molecule has 22 heavy (non-hydrogen) atoms. The van der Waals surface area contributed by atoms with Crippen molar-refractivity contribution in [2.75, 3.05) is 14.2 Å². The topological polar surface area (TPSA) is 49.8 Å². The number of aryl methyl sites for hydroxylation is 1. The number of hydrogen-bond donors (Lipinski definition) is 1. The van der Waals surface area contributed by atoms with E-state index in [4.69, 9.17) is 4.74 Å². The summed E-state index contributed by atoms with van der Waals surface area (Å²) >= 11 is 0. The summed E-state index contributed by atoms with van der Waals surface area (Å²) in [5, 5.41) is 9.87. The maximum Gasteiger partial charge on any atom is 0.257 e. The number of halogens is 1. The lowest BCUT2D eigenvalue weighted by atomic mass is 10.1. The van der Waals surface area contributed by atoms with Crippen molar-refractivity contribution in [1.82, 2.24) is 4.90 Å². The molecule has 0 aromatic heterocycles. The van der Waals surface area contributed by atoms with Crippen LogP contribution in [0.15, 0.2) is 36.4 Å². The molecule has 1 amide bonds. The van der Waals surface area contributed by atoms with Crippen LogP contribution in [0.4, 0.5) is 4.39 Å². The molecule has 0 unspecified atom stereocenters. The molecular weight excluding hydrogens is 285 g/mol. The van der Waals surface area contributed by atoms with Gasteiger partial charge in [0, 0.05) is 13.6 Å². The van der Waals surface area contributed by atoms with Gasteiger partial charge in [0.05, 0.1) is 12.7 Å². The van der Waals surface area contributed by atoms with Gasteiger partial charge in [-0.2, -0.15) is 0 Å². The lowest BCUT2D eigenvalue weighted by Gasteiger charge is -2.18. The molecule has 116 valence electrons. The number of amides is 1. The minimum absolute atomic E-state index is 0.0576. The highest BCUT2D eigenvalue weighted by atomic mass is 19.1. The van der Waals surface area contributed by atoms with Gasteiger partial charge in [0.1, 0.15) is 5.75 Å². The molecule has 0 aliphatic heterocycles. The third-order valence-corrected chi connectivity index (χ3v) is 3.37. The Kier molecular flexibility index (Phi) is 4.65. The van der Waals surface area contributed by atoms with Crippen molar-refractivity contribution in [2.24, 2.45) is 0 Å². The van der Waals surface area contributed by atoms with Crippen LogP contribution in [0.1, 0.15) is 21.5 Å². The van der Waals surface area contributed by atoms with E-state index >= 15 is 0 Å². The van der Waals surface area contributed by atoms with Crippen molar-refractivity contribution < 1.29 is 19.0 Å². The van der Waals surface area contributed by atoms with E-state index < -0.39 is 5.82 Å². The zero-order valence-electron chi connectivity index (χ0n) is 12.8. The maximum atomic E-state index is 13.7. The van der Waals surface area contributed by atoms with Crippen LogP contribution in [0.2, 0.25) is 0 Å². The van der Waals surface area contributed by atoms with Gasteiger partial charge in [0.15, 0.2) is 11.6 Å². The van der Waals surface area contributed by atoms with Gasteiger partial charge in [-0.05, 0) is 42.3 Å². The standard InChI is InChI=1S/C17H18FNO3/c1-11-4-6-13(15(20)8-11)17(21)19(2)10-12-5-7-16(22-3)14(18)9-12/h4-9,20H,10H2,1-3H3. The lowest BCUT2D eigenvalue weighted by molar-refractivity contribution is 0.0782. The fourth-order valence-electron chi connectivity index (χ4n) is 2.18. The molecule has 0 saturated heterocycles. The molecule has 2 rings (SSSR count). The maximum absolute atomic E-state index is 13.7. The van der Waals surface area contributed by atoms with Gasteiger partial charge in [0.2, 0.25) is 0 Å². The molecule has 5 heteroatoms. The van der Waals surface area contributed by atoms with E-state index in [9.17, 15) is 14.3 Å². The Bertz CT molecular complexity index is 700. The third kappa shape index (κ3) is 3.36. The molecule has 0 aliphatic carbocycles.